The fourth-order valence-corrected chi connectivity index (χ4v) is 3.65. The van der Waals surface area contributed by atoms with Crippen LogP contribution in [0.25, 0.3) is 0 Å². The molecule has 0 spiro atoms. The maximum absolute atomic E-state index is 13.0. The molecular formula is C17H25N5O2. The van der Waals surface area contributed by atoms with E-state index in [1.807, 2.05) is 11.8 Å². The molecule has 0 unspecified atom stereocenters. The second kappa shape index (κ2) is 6.84. The number of aromatic nitrogens is 2. The fraction of sp³-hybridized carbons (Fsp3) is 0.647. The van der Waals surface area contributed by atoms with Gasteiger partial charge in [-0.3, -0.25) is 14.5 Å². The van der Waals surface area contributed by atoms with Crippen molar-refractivity contribution in [3.05, 3.63) is 23.8 Å². The van der Waals surface area contributed by atoms with Crippen LogP contribution in [0.2, 0.25) is 0 Å². The van der Waals surface area contributed by atoms with Crippen LogP contribution in [0.5, 0.6) is 0 Å². The number of amides is 2. The van der Waals surface area contributed by atoms with Gasteiger partial charge in [-0.25, -0.2) is 9.97 Å². The van der Waals surface area contributed by atoms with Gasteiger partial charge in [-0.15, -0.1) is 0 Å². The van der Waals surface area contributed by atoms with Gasteiger partial charge in [-0.2, -0.15) is 0 Å². The summed E-state index contributed by atoms with van der Waals surface area (Å²) in [6.07, 6.45) is 5.19. The number of fused-ring (bicyclic) bond motifs is 4. The predicted octanol–water partition coefficient (Wildman–Crippen LogP) is 0.410. The molecule has 3 saturated heterocycles. The van der Waals surface area contributed by atoms with Crippen molar-refractivity contribution in [3.63, 3.8) is 0 Å². The first-order chi connectivity index (χ1) is 11.5. The molecule has 2 amide bonds. The first kappa shape index (κ1) is 16.8. The molecule has 0 saturated carbocycles. The Morgan fingerprint density at radius 1 is 1.25 bits per heavy atom. The molecule has 7 heteroatoms. The van der Waals surface area contributed by atoms with E-state index in [2.05, 4.69) is 14.9 Å². The summed E-state index contributed by atoms with van der Waals surface area (Å²) in [7, 11) is 3.56. The number of hydrogen-bond donors (Lipinski definition) is 0. The lowest BCUT2D eigenvalue weighted by atomic mass is 9.94. The minimum absolute atomic E-state index is 0.0172. The smallest absolute Gasteiger partial charge is 0.257 e. The lowest BCUT2D eigenvalue weighted by Gasteiger charge is -2.36. The van der Waals surface area contributed by atoms with Crippen molar-refractivity contribution >= 4 is 11.8 Å². The number of aryl methyl sites for hydroxylation is 1. The molecule has 1 aromatic heterocycles. The zero-order chi connectivity index (χ0) is 17.3. The average molecular weight is 331 g/mol. The topological polar surface area (TPSA) is 69.6 Å². The Hall–Kier alpha value is -2.02. The van der Waals surface area contributed by atoms with Crippen LogP contribution in [0.4, 0.5) is 0 Å². The predicted molar refractivity (Wildman–Crippen MR) is 89.5 cm³/mol. The number of carbonyl (C=O) groups is 2. The van der Waals surface area contributed by atoms with Crippen molar-refractivity contribution in [2.75, 3.05) is 40.3 Å². The van der Waals surface area contributed by atoms with Crippen molar-refractivity contribution in [3.8, 4) is 0 Å². The Morgan fingerprint density at radius 3 is 2.75 bits per heavy atom. The van der Waals surface area contributed by atoms with E-state index >= 15 is 0 Å². The number of carbonyl (C=O) groups excluding carboxylic acids is 2. The monoisotopic (exact) mass is 331 g/mol. The SMILES string of the molecule is Cc1ncncc1C(=O)N1C[C@@H]2CC[C@H]1CN(CC(=O)N(C)C)C2. The van der Waals surface area contributed by atoms with Gasteiger partial charge in [0.25, 0.3) is 5.91 Å². The van der Waals surface area contributed by atoms with Gasteiger partial charge in [0.1, 0.15) is 6.33 Å². The largest absolute Gasteiger partial charge is 0.348 e. The Labute approximate surface area is 142 Å². The molecular weight excluding hydrogens is 306 g/mol. The van der Waals surface area contributed by atoms with Crippen molar-refractivity contribution in [1.29, 1.82) is 0 Å². The van der Waals surface area contributed by atoms with Crippen molar-refractivity contribution in [1.82, 2.24) is 24.7 Å². The minimum atomic E-state index is 0.0172. The van der Waals surface area contributed by atoms with Crippen LogP contribution in [0.3, 0.4) is 0 Å². The highest BCUT2D eigenvalue weighted by Crippen LogP contribution is 2.29. The molecule has 0 N–H and O–H groups in total. The van der Waals surface area contributed by atoms with E-state index in [4.69, 9.17) is 0 Å². The molecule has 24 heavy (non-hydrogen) atoms. The van der Waals surface area contributed by atoms with Crippen LogP contribution in [0.1, 0.15) is 28.9 Å². The molecule has 0 aliphatic carbocycles. The summed E-state index contributed by atoms with van der Waals surface area (Å²) in [6, 6.07) is 0.158. The molecule has 130 valence electrons. The van der Waals surface area contributed by atoms with Crippen LogP contribution in [0, 0.1) is 12.8 Å². The lowest BCUT2D eigenvalue weighted by molar-refractivity contribution is -0.129. The van der Waals surface area contributed by atoms with Gasteiger partial charge < -0.3 is 9.80 Å². The third kappa shape index (κ3) is 3.40. The van der Waals surface area contributed by atoms with Gasteiger partial charge in [-0.1, -0.05) is 0 Å². The first-order valence-corrected chi connectivity index (χ1v) is 8.45. The van der Waals surface area contributed by atoms with Crippen molar-refractivity contribution in [2.45, 2.75) is 25.8 Å². The number of piperidine rings is 1. The maximum Gasteiger partial charge on any atom is 0.257 e. The Kier molecular flexibility index (Phi) is 4.80. The van der Waals surface area contributed by atoms with E-state index in [1.165, 1.54) is 6.33 Å². The molecule has 3 aliphatic rings. The van der Waals surface area contributed by atoms with Crippen LogP contribution in [-0.2, 0) is 4.79 Å². The highest BCUT2D eigenvalue weighted by atomic mass is 16.2. The molecule has 0 aromatic carbocycles. The number of hydrogen-bond acceptors (Lipinski definition) is 5. The molecule has 1 aromatic rings. The third-order valence-electron chi connectivity index (χ3n) is 5.05. The summed E-state index contributed by atoms with van der Waals surface area (Å²) in [6.45, 7) is 4.66. The summed E-state index contributed by atoms with van der Waals surface area (Å²) in [5.74, 6) is 0.553. The quantitative estimate of drug-likeness (QED) is 0.802. The summed E-state index contributed by atoms with van der Waals surface area (Å²) >= 11 is 0. The summed E-state index contributed by atoms with van der Waals surface area (Å²) in [5, 5.41) is 0. The standard InChI is InChI=1S/C17H25N5O2/c1-12-15(6-18-11-19-12)17(24)22-8-13-4-5-14(22)9-21(7-13)10-16(23)20(2)3/h6,11,13-14H,4-5,7-10H2,1-3H3/t13-,14+/m1/s1. The van der Waals surface area contributed by atoms with Crippen LogP contribution in [0.15, 0.2) is 12.5 Å². The minimum Gasteiger partial charge on any atom is -0.348 e. The van der Waals surface area contributed by atoms with Crippen LogP contribution in [-0.4, -0.2) is 82.8 Å². The molecule has 3 fully saturated rings. The van der Waals surface area contributed by atoms with Gasteiger partial charge in [0.2, 0.25) is 5.91 Å². The lowest BCUT2D eigenvalue weighted by Crippen LogP contribution is -2.48. The molecule has 4 rings (SSSR count). The van der Waals surface area contributed by atoms with E-state index in [0.717, 1.165) is 38.2 Å². The summed E-state index contributed by atoms with van der Waals surface area (Å²) in [5.41, 5.74) is 1.30. The average Bonchev–Trinajstić information content (AvgIpc) is 2.85. The Morgan fingerprint density at radius 2 is 2.04 bits per heavy atom. The van der Waals surface area contributed by atoms with Crippen LogP contribution < -0.4 is 0 Å². The van der Waals surface area contributed by atoms with E-state index in [1.54, 1.807) is 25.2 Å². The molecule has 2 atom stereocenters. The third-order valence-corrected chi connectivity index (χ3v) is 5.05. The fourth-order valence-electron chi connectivity index (χ4n) is 3.65. The van der Waals surface area contributed by atoms with Crippen LogP contribution >= 0.6 is 0 Å². The molecule has 3 aliphatic heterocycles. The summed E-state index contributed by atoms with van der Waals surface area (Å²) in [4.78, 5) is 38.9. The maximum atomic E-state index is 13.0. The second-order valence-corrected chi connectivity index (χ2v) is 7.06. The van der Waals surface area contributed by atoms with Gasteiger partial charge in [0, 0.05) is 46.0 Å². The van der Waals surface area contributed by atoms with Gasteiger partial charge in [0.15, 0.2) is 0 Å². The van der Waals surface area contributed by atoms with Crippen molar-refractivity contribution < 1.29 is 9.59 Å². The van der Waals surface area contributed by atoms with Gasteiger partial charge in [-0.05, 0) is 25.7 Å². The molecule has 7 nitrogen and oxygen atoms in total. The van der Waals surface area contributed by atoms with E-state index in [-0.39, 0.29) is 17.9 Å². The van der Waals surface area contributed by atoms with E-state index < -0.39 is 0 Å². The van der Waals surface area contributed by atoms with E-state index in [0.29, 0.717) is 18.0 Å². The molecule has 4 heterocycles. The zero-order valence-corrected chi connectivity index (χ0v) is 14.6. The number of nitrogens with zero attached hydrogens (tertiary/aromatic N) is 5. The first-order valence-electron chi connectivity index (χ1n) is 8.45. The highest BCUT2D eigenvalue weighted by Gasteiger charge is 2.38. The number of likely N-dealkylation sites (N-methyl/N-ethyl adjacent to an activating group) is 1. The van der Waals surface area contributed by atoms with Gasteiger partial charge in [0.05, 0.1) is 17.8 Å². The Bertz CT molecular complexity index is 633. The van der Waals surface area contributed by atoms with Gasteiger partial charge >= 0.3 is 0 Å². The molecule has 0 radical (unpaired) electrons. The Balaban J connectivity index is 1.75. The normalized spacial score (nSPS) is 23.9. The second-order valence-electron chi connectivity index (χ2n) is 7.06. The van der Waals surface area contributed by atoms with E-state index in [9.17, 15) is 9.59 Å². The zero-order valence-electron chi connectivity index (χ0n) is 14.6. The highest BCUT2D eigenvalue weighted by molar-refractivity contribution is 5.95. The summed E-state index contributed by atoms with van der Waals surface area (Å²) < 4.78 is 0. The molecule has 2 bridgehead atoms. The van der Waals surface area contributed by atoms with Crippen molar-refractivity contribution in [2.24, 2.45) is 5.92 Å². The number of rotatable bonds is 3.